The highest BCUT2D eigenvalue weighted by atomic mass is 16.5. The Hall–Kier alpha value is -2.82. The summed E-state index contributed by atoms with van der Waals surface area (Å²) < 4.78 is 5.59. The molecule has 2 aromatic carbocycles. The summed E-state index contributed by atoms with van der Waals surface area (Å²) in [5.41, 5.74) is 2.70. The summed E-state index contributed by atoms with van der Waals surface area (Å²) in [6.45, 7) is 8.19. The molecule has 0 aliphatic heterocycles. The zero-order chi connectivity index (χ0) is 20.3. The second-order valence-electron chi connectivity index (χ2n) is 7.89. The maximum atomic E-state index is 12.4. The maximum Gasteiger partial charge on any atom is 0.228 e. The number of nitrogens with one attached hydrogen (secondary N) is 2. The molecule has 0 radical (unpaired) electrons. The van der Waals surface area contributed by atoms with Gasteiger partial charge in [0, 0.05) is 11.4 Å². The van der Waals surface area contributed by atoms with E-state index in [2.05, 4.69) is 24.5 Å². The second-order valence-corrected chi connectivity index (χ2v) is 7.89. The first kappa shape index (κ1) is 19.9. The number of anilines is 2. The highest BCUT2D eigenvalue weighted by Gasteiger charge is 2.48. The van der Waals surface area contributed by atoms with E-state index in [9.17, 15) is 9.59 Å². The lowest BCUT2D eigenvalue weighted by Crippen LogP contribution is -2.20. The van der Waals surface area contributed by atoms with Gasteiger partial charge < -0.3 is 15.4 Å². The molecule has 0 bridgehead atoms. The van der Waals surface area contributed by atoms with Crippen molar-refractivity contribution in [3.63, 3.8) is 0 Å². The van der Waals surface area contributed by atoms with Crippen molar-refractivity contribution in [1.29, 1.82) is 0 Å². The van der Waals surface area contributed by atoms with E-state index < -0.39 is 0 Å². The Morgan fingerprint density at radius 1 is 0.821 bits per heavy atom. The number of rotatable bonds is 7. The molecule has 2 aromatic rings. The van der Waals surface area contributed by atoms with Crippen LogP contribution in [0.5, 0.6) is 5.75 Å². The lowest BCUT2D eigenvalue weighted by Gasteiger charge is -2.11. The van der Waals surface area contributed by atoms with Gasteiger partial charge in [0.25, 0.3) is 0 Å². The van der Waals surface area contributed by atoms with E-state index in [0.717, 1.165) is 11.4 Å². The van der Waals surface area contributed by atoms with E-state index in [4.69, 9.17) is 4.74 Å². The van der Waals surface area contributed by atoms with Crippen molar-refractivity contribution >= 4 is 23.2 Å². The molecule has 1 aliphatic carbocycles. The van der Waals surface area contributed by atoms with Crippen LogP contribution in [0.2, 0.25) is 0 Å². The average Bonchev–Trinajstić information content (AvgIpc) is 3.44. The van der Waals surface area contributed by atoms with Gasteiger partial charge in [-0.2, -0.15) is 0 Å². The zero-order valence-corrected chi connectivity index (χ0v) is 16.9. The number of hydrogen-bond donors (Lipinski definition) is 2. The van der Waals surface area contributed by atoms with E-state index >= 15 is 0 Å². The summed E-state index contributed by atoms with van der Waals surface area (Å²) in [5, 5.41) is 5.79. The van der Waals surface area contributed by atoms with Crippen molar-refractivity contribution in [2.24, 2.45) is 11.8 Å². The molecule has 5 nitrogen and oxygen atoms in total. The number of benzene rings is 2. The van der Waals surface area contributed by atoms with E-state index in [1.807, 2.05) is 62.4 Å². The van der Waals surface area contributed by atoms with Gasteiger partial charge in [0.15, 0.2) is 0 Å². The SMILES string of the molecule is CC(C)Oc1ccc(NC(=O)C2CC2C(=O)Nc2ccc(C(C)C)cc2)cc1. The van der Waals surface area contributed by atoms with Crippen molar-refractivity contribution in [3.05, 3.63) is 54.1 Å². The van der Waals surface area contributed by atoms with Gasteiger partial charge in [0.05, 0.1) is 17.9 Å². The monoisotopic (exact) mass is 380 g/mol. The van der Waals surface area contributed by atoms with E-state index in [1.54, 1.807) is 0 Å². The van der Waals surface area contributed by atoms with Crippen LogP contribution in [0.1, 0.15) is 45.6 Å². The summed E-state index contributed by atoms with van der Waals surface area (Å²) in [5.74, 6) is 0.452. The van der Waals surface area contributed by atoms with Gasteiger partial charge >= 0.3 is 0 Å². The third kappa shape index (κ3) is 5.12. The molecule has 2 N–H and O–H groups in total. The van der Waals surface area contributed by atoms with Gasteiger partial charge in [0.1, 0.15) is 5.75 Å². The van der Waals surface area contributed by atoms with E-state index in [1.165, 1.54) is 5.56 Å². The predicted molar refractivity (Wildman–Crippen MR) is 112 cm³/mol. The second kappa shape index (κ2) is 8.46. The fourth-order valence-electron chi connectivity index (χ4n) is 3.08. The average molecular weight is 380 g/mol. The van der Waals surface area contributed by atoms with Crippen molar-refractivity contribution in [2.75, 3.05) is 10.6 Å². The Morgan fingerprint density at radius 3 is 1.71 bits per heavy atom. The normalized spacial score (nSPS) is 18.1. The zero-order valence-electron chi connectivity index (χ0n) is 16.9. The van der Waals surface area contributed by atoms with Crippen LogP contribution in [0.4, 0.5) is 11.4 Å². The summed E-state index contributed by atoms with van der Waals surface area (Å²) in [7, 11) is 0. The fraction of sp³-hybridized carbons (Fsp3) is 0.391. The van der Waals surface area contributed by atoms with Crippen LogP contribution in [0, 0.1) is 11.8 Å². The molecule has 0 heterocycles. The molecule has 2 atom stereocenters. The first-order valence-corrected chi connectivity index (χ1v) is 9.82. The first-order chi connectivity index (χ1) is 13.3. The summed E-state index contributed by atoms with van der Waals surface area (Å²) in [4.78, 5) is 24.8. The van der Waals surface area contributed by atoms with Crippen molar-refractivity contribution in [2.45, 2.75) is 46.1 Å². The molecular formula is C23H28N2O3. The van der Waals surface area contributed by atoms with Gasteiger partial charge in [0.2, 0.25) is 11.8 Å². The van der Waals surface area contributed by atoms with Crippen molar-refractivity contribution in [1.82, 2.24) is 0 Å². The molecule has 1 saturated carbocycles. The number of carbonyl (C=O) groups is 2. The molecule has 1 aliphatic rings. The highest BCUT2D eigenvalue weighted by molar-refractivity contribution is 6.03. The van der Waals surface area contributed by atoms with Crippen LogP contribution in [-0.4, -0.2) is 17.9 Å². The quantitative estimate of drug-likeness (QED) is 0.724. The molecule has 5 heteroatoms. The van der Waals surface area contributed by atoms with Crippen LogP contribution in [-0.2, 0) is 9.59 Å². The van der Waals surface area contributed by atoms with E-state index in [-0.39, 0.29) is 29.8 Å². The van der Waals surface area contributed by atoms with Gasteiger partial charge in [-0.3, -0.25) is 9.59 Å². The molecular weight excluding hydrogens is 352 g/mol. The Balaban J connectivity index is 1.50. The molecule has 0 saturated heterocycles. The molecule has 2 amide bonds. The van der Waals surface area contributed by atoms with Gasteiger partial charge in [-0.25, -0.2) is 0 Å². The van der Waals surface area contributed by atoms with Crippen LogP contribution in [0.15, 0.2) is 48.5 Å². The summed E-state index contributed by atoms with van der Waals surface area (Å²) in [6.07, 6.45) is 0.684. The lowest BCUT2D eigenvalue weighted by atomic mass is 10.0. The van der Waals surface area contributed by atoms with Crippen molar-refractivity contribution in [3.8, 4) is 5.75 Å². The third-order valence-electron chi connectivity index (χ3n) is 4.80. The molecule has 28 heavy (non-hydrogen) atoms. The lowest BCUT2D eigenvalue weighted by molar-refractivity contribution is -0.122. The Bertz CT molecular complexity index is 826. The number of carbonyl (C=O) groups excluding carboxylic acids is 2. The molecule has 3 rings (SSSR count). The van der Waals surface area contributed by atoms with Gasteiger partial charge in [-0.1, -0.05) is 26.0 Å². The third-order valence-corrected chi connectivity index (χ3v) is 4.80. The fourth-order valence-corrected chi connectivity index (χ4v) is 3.08. The molecule has 0 spiro atoms. The molecule has 148 valence electrons. The minimum absolute atomic E-state index is 0.0990. The van der Waals surface area contributed by atoms with Crippen LogP contribution >= 0.6 is 0 Å². The minimum Gasteiger partial charge on any atom is -0.491 e. The molecule has 2 unspecified atom stereocenters. The predicted octanol–water partition coefficient (Wildman–Crippen LogP) is 4.81. The maximum absolute atomic E-state index is 12.4. The molecule has 1 fully saturated rings. The first-order valence-electron chi connectivity index (χ1n) is 9.82. The van der Waals surface area contributed by atoms with E-state index in [0.29, 0.717) is 18.0 Å². The number of amides is 2. The Morgan fingerprint density at radius 2 is 1.29 bits per heavy atom. The highest BCUT2D eigenvalue weighted by Crippen LogP contribution is 2.40. The standard InChI is InChI=1S/C23H28N2O3/c1-14(2)16-5-7-17(8-6-16)24-22(26)20-13-21(20)23(27)25-18-9-11-19(12-10-18)28-15(3)4/h5-12,14-15,20-21H,13H2,1-4H3,(H,24,26)(H,25,27). The smallest absolute Gasteiger partial charge is 0.228 e. The minimum atomic E-state index is -0.276. The summed E-state index contributed by atoms with van der Waals surface area (Å²) >= 11 is 0. The molecule has 0 aromatic heterocycles. The van der Waals surface area contributed by atoms with Crippen LogP contribution in [0.3, 0.4) is 0 Å². The van der Waals surface area contributed by atoms with Crippen LogP contribution in [0.25, 0.3) is 0 Å². The Labute approximate surface area is 166 Å². The Kier molecular flexibility index (Phi) is 6.02. The van der Waals surface area contributed by atoms with Crippen LogP contribution < -0.4 is 15.4 Å². The number of hydrogen-bond acceptors (Lipinski definition) is 3. The van der Waals surface area contributed by atoms with Crippen molar-refractivity contribution < 1.29 is 14.3 Å². The summed E-state index contributed by atoms with van der Waals surface area (Å²) in [6, 6.07) is 15.1. The largest absolute Gasteiger partial charge is 0.491 e. The topological polar surface area (TPSA) is 67.4 Å². The van der Waals surface area contributed by atoms with Gasteiger partial charge in [-0.05, 0) is 68.1 Å². The number of ether oxygens (including phenoxy) is 1. The van der Waals surface area contributed by atoms with Gasteiger partial charge in [-0.15, -0.1) is 0 Å².